The molecule has 118 valence electrons. The van der Waals surface area contributed by atoms with Gasteiger partial charge >= 0.3 is 5.97 Å². The van der Waals surface area contributed by atoms with E-state index in [4.69, 9.17) is 10.5 Å². The van der Waals surface area contributed by atoms with E-state index in [-0.39, 0.29) is 5.97 Å². The molecule has 0 unspecified atom stereocenters. The molecule has 1 aromatic rings. The SMILES string of the molecule is CCOC(=O)CCCCCN(CC)Cc1cccc(N)c1. The molecular weight excluding hydrogens is 264 g/mol. The number of rotatable bonds is 10. The van der Waals surface area contributed by atoms with Gasteiger partial charge in [-0.3, -0.25) is 9.69 Å². The molecule has 0 aliphatic carbocycles. The van der Waals surface area contributed by atoms with E-state index in [0.717, 1.165) is 44.6 Å². The van der Waals surface area contributed by atoms with Crippen LogP contribution < -0.4 is 5.73 Å². The molecule has 4 heteroatoms. The van der Waals surface area contributed by atoms with Crippen molar-refractivity contribution in [3.05, 3.63) is 29.8 Å². The van der Waals surface area contributed by atoms with Gasteiger partial charge in [-0.15, -0.1) is 0 Å². The lowest BCUT2D eigenvalue weighted by molar-refractivity contribution is -0.143. The van der Waals surface area contributed by atoms with Crippen molar-refractivity contribution in [3.8, 4) is 0 Å². The standard InChI is InChI=1S/C17H28N2O2/c1-3-19(14-15-9-8-10-16(18)13-15)12-7-5-6-11-17(20)21-4-2/h8-10,13H,3-7,11-12,14,18H2,1-2H3. The first-order valence-corrected chi connectivity index (χ1v) is 7.88. The van der Waals surface area contributed by atoms with Gasteiger partial charge in [0.05, 0.1) is 6.61 Å². The van der Waals surface area contributed by atoms with Crippen molar-refractivity contribution in [2.75, 3.05) is 25.4 Å². The van der Waals surface area contributed by atoms with Gasteiger partial charge < -0.3 is 10.5 Å². The van der Waals surface area contributed by atoms with Crippen molar-refractivity contribution in [2.45, 2.75) is 46.1 Å². The van der Waals surface area contributed by atoms with Gasteiger partial charge in [-0.25, -0.2) is 0 Å². The number of ether oxygens (including phenoxy) is 1. The second kappa shape index (κ2) is 10.2. The Hall–Kier alpha value is -1.55. The summed E-state index contributed by atoms with van der Waals surface area (Å²) in [6.07, 6.45) is 3.62. The zero-order valence-corrected chi connectivity index (χ0v) is 13.3. The Morgan fingerprint density at radius 3 is 2.71 bits per heavy atom. The first-order chi connectivity index (χ1) is 10.2. The van der Waals surface area contributed by atoms with E-state index in [9.17, 15) is 4.79 Å². The van der Waals surface area contributed by atoms with Crippen LogP contribution in [-0.4, -0.2) is 30.6 Å². The van der Waals surface area contributed by atoms with Crippen LogP contribution in [0.25, 0.3) is 0 Å². The van der Waals surface area contributed by atoms with E-state index in [1.165, 1.54) is 5.56 Å². The lowest BCUT2D eigenvalue weighted by atomic mass is 10.1. The van der Waals surface area contributed by atoms with Crippen LogP contribution in [0.2, 0.25) is 0 Å². The van der Waals surface area contributed by atoms with E-state index in [1.807, 2.05) is 25.1 Å². The van der Waals surface area contributed by atoms with Gasteiger partial charge in [0.2, 0.25) is 0 Å². The molecule has 1 aromatic carbocycles. The maximum absolute atomic E-state index is 11.2. The van der Waals surface area contributed by atoms with Gasteiger partial charge in [-0.2, -0.15) is 0 Å². The molecule has 0 fully saturated rings. The van der Waals surface area contributed by atoms with Crippen molar-refractivity contribution >= 4 is 11.7 Å². The van der Waals surface area contributed by atoms with Crippen LogP contribution in [0.3, 0.4) is 0 Å². The van der Waals surface area contributed by atoms with Gasteiger partial charge in [0.15, 0.2) is 0 Å². The summed E-state index contributed by atoms with van der Waals surface area (Å²) in [5.74, 6) is -0.0791. The number of benzene rings is 1. The minimum atomic E-state index is -0.0791. The van der Waals surface area contributed by atoms with Crippen molar-refractivity contribution in [1.29, 1.82) is 0 Å². The van der Waals surface area contributed by atoms with Crippen LogP contribution in [0, 0.1) is 0 Å². The molecule has 0 spiro atoms. The fraction of sp³-hybridized carbons (Fsp3) is 0.588. The molecule has 2 N–H and O–H groups in total. The highest BCUT2D eigenvalue weighted by Crippen LogP contribution is 2.11. The summed E-state index contributed by atoms with van der Waals surface area (Å²) in [6, 6.07) is 8.05. The molecule has 0 saturated heterocycles. The number of nitrogen functional groups attached to an aromatic ring is 1. The first kappa shape index (κ1) is 17.5. The third-order valence-electron chi connectivity index (χ3n) is 3.47. The predicted octanol–water partition coefficient (Wildman–Crippen LogP) is 3.21. The van der Waals surface area contributed by atoms with Crippen LogP contribution in [0.15, 0.2) is 24.3 Å². The Bertz CT molecular complexity index is 421. The third-order valence-corrected chi connectivity index (χ3v) is 3.47. The van der Waals surface area contributed by atoms with Gasteiger partial charge in [-0.1, -0.05) is 25.5 Å². The molecule has 0 aliphatic heterocycles. The summed E-state index contributed by atoms with van der Waals surface area (Å²) in [4.78, 5) is 13.6. The molecule has 0 aromatic heterocycles. The van der Waals surface area contributed by atoms with Crippen LogP contribution in [0.1, 0.15) is 45.1 Å². The smallest absolute Gasteiger partial charge is 0.305 e. The quantitative estimate of drug-likeness (QED) is 0.409. The summed E-state index contributed by atoms with van der Waals surface area (Å²) >= 11 is 0. The molecule has 0 atom stereocenters. The van der Waals surface area contributed by atoms with E-state index in [1.54, 1.807) is 0 Å². The number of unbranched alkanes of at least 4 members (excludes halogenated alkanes) is 2. The normalized spacial score (nSPS) is 10.8. The largest absolute Gasteiger partial charge is 0.466 e. The van der Waals surface area contributed by atoms with Crippen LogP contribution in [0.5, 0.6) is 0 Å². The average Bonchev–Trinajstić information content (AvgIpc) is 2.46. The monoisotopic (exact) mass is 292 g/mol. The Morgan fingerprint density at radius 1 is 1.24 bits per heavy atom. The summed E-state index contributed by atoms with van der Waals surface area (Å²) in [6.45, 7) is 7.49. The number of nitrogens with two attached hydrogens (primary N) is 1. The maximum atomic E-state index is 11.2. The number of hydrogen-bond acceptors (Lipinski definition) is 4. The molecule has 21 heavy (non-hydrogen) atoms. The summed E-state index contributed by atoms with van der Waals surface area (Å²) in [5, 5.41) is 0. The highest BCUT2D eigenvalue weighted by Gasteiger charge is 2.05. The van der Waals surface area contributed by atoms with Crippen LogP contribution in [-0.2, 0) is 16.1 Å². The average molecular weight is 292 g/mol. The maximum Gasteiger partial charge on any atom is 0.305 e. The Balaban J connectivity index is 2.21. The van der Waals surface area contributed by atoms with Gasteiger partial charge in [0.1, 0.15) is 0 Å². The molecule has 0 radical (unpaired) electrons. The Labute approximate surface area is 128 Å². The number of anilines is 1. The molecule has 4 nitrogen and oxygen atoms in total. The fourth-order valence-corrected chi connectivity index (χ4v) is 2.31. The van der Waals surface area contributed by atoms with Gasteiger partial charge in [-0.05, 0) is 50.6 Å². The second-order valence-corrected chi connectivity index (χ2v) is 5.23. The second-order valence-electron chi connectivity index (χ2n) is 5.23. The third kappa shape index (κ3) is 7.71. The topological polar surface area (TPSA) is 55.6 Å². The van der Waals surface area contributed by atoms with Crippen LogP contribution in [0.4, 0.5) is 5.69 Å². The summed E-state index contributed by atoms with van der Waals surface area (Å²) in [5.41, 5.74) is 7.88. The molecule has 0 aliphatic rings. The molecular formula is C17H28N2O2. The molecule has 0 saturated carbocycles. The van der Waals surface area contributed by atoms with E-state index in [0.29, 0.717) is 13.0 Å². The highest BCUT2D eigenvalue weighted by atomic mass is 16.5. The lowest BCUT2D eigenvalue weighted by Gasteiger charge is -2.20. The van der Waals surface area contributed by atoms with Crippen molar-refractivity contribution in [3.63, 3.8) is 0 Å². The minimum Gasteiger partial charge on any atom is -0.466 e. The lowest BCUT2D eigenvalue weighted by Crippen LogP contribution is -2.24. The Kier molecular flexibility index (Phi) is 8.51. The molecule has 1 rings (SSSR count). The number of carbonyl (C=O) groups excluding carboxylic acids is 1. The van der Waals surface area contributed by atoms with Gasteiger partial charge in [0, 0.05) is 18.7 Å². The minimum absolute atomic E-state index is 0.0791. The van der Waals surface area contributed by atoms with E-state index in [2.05, 4.69) is 17.9 Å². The highest BCUT2D eigenvalue weighted by molar-refractivity contribution is 5.69. The van der Waals surface area contributed by atoms with E-state index >= 15 is 0 Å². The fourth-order valence-electron chi connectivity index (χ4n) is 2.31. The molecule has 0 amide bonds. The van der Waals surface area contributed by atoms with Crippen LogP contribution >= 0.6 is 0 Å². The predicted molar refractivity (Wildman–Crippen MR) is 86.9 cm³/mol. The zero-order valence-electron chi connectivity index (χ0n) is 13.3. The molecule has 0 bridgehead atoms. The van der Waals surface area contributed by atoms with Crippen molar-refractivity contribution in [2.24, 2.45) is 0 Å². The molecule has 0 heterocycles. The number of carbonyl (C=O) groups is 1. The number of esters is 1. The number of hydrogen-bond donors (Lipinski definition) is 1. The number of nitrogens with zero attached hydrogens (tertiary/aromatic N) is 1. The Morgan fingerprint density at radius 2 is 2.05 bits per heavy atom. The zero-order chi connectivity index (χ0) is 15.5. The summed E-state index contributed by atoms with van der Waals surface area (Å²) < 4.78 is 4.92. The van der Waals surface area contributed by atoms with E-state index < -0.39 is 0 Å². The van der Waals surface area contributed by atoms with Gasteiger partial charge in [0.25, 0.3) is 0 Å². The van der Waals surface area contributed by atoms with Crippen molar-refractivity contribution in [1.82, 2.24) is 4.90 Å². The first-order valence-electron chi connectivity index (χ1n) is 7.88. The summed E-state index contributed by atoms with van der Waals surface area (Å²) in [7, 11) is 0. The van der Waals surface area contributed by atoms with Crippen molar-refractivity contribution < 1.29 is 9.53 Å².